The van der Waals surface area contributed by atoms with Crippen LogP contribution in [0.25, 0.3) is 0 Å². The standard InChI is InChI=1S/C20H33N5O/c1-4-5-11-25-16-20(9-7-18(25)26)8-6-10-24(15-20)14-17-12-21-19(22-13-17)23(2)3/h12-13H,4-11,14-16H2,1-3H3/t20-/m1/s1. The molecule has 2 aliphatic heterocycles. The Hall–Kier alpha value is -1.69. The Kier molecular flexibility index (Phi) is 6.12. The van der Waals surface area contributed by atoms with Crippen LogP contribution in [-0.4, -0.2) is 65.9 Å². The molecule has 0 aliphatic carbocycles. The van der Waals surface area contributed by atoms with E-state index in [1.807, 2.05) is 31.4 Å². The summed E-state index contributed by atoms with van der Waals surface area (Å²) in [5.41, 5.74) is 1.45. The van der Waals surface area contributed by atoms with Gasteiger partial charge in [-0.25, -0.2) is 9.97 Å². The fraction of sp³-hybridized carbons (Fsp3) is 0.750. The van der Waals surface area contributed by atoms with E-state index in [9.17, 15) is 4.79 Å². The molecule has 3 heterocycles. The van der Waals surface area contributed by atoms with Crippen LogP contribution < -0.4 is 4.90 Å². The number of hydrogen-bond donors (Lipinski definition) is 0. The summed E-state index contributed by atoms with van der Waals surface area (Å²) in [4.78, 5) is 27.7. The van der Waals surface area contributed by atoms with E-state index in [2.05, 4.69) is 26.7 Å². The van der Waals surface area contributed by atoms with Crippen molar-refractivity contribution in [2.24, 2.45) is 5.41 Å². The van der Waals surface area contributed by atoms with Crippen molar-refractivity contribution < 1.29 is 4.79 Å². The van der Waals surface area contributed by atoms with Gasteiger partial charge in [0.25, 0.3) is 0 Å². The van der Waals surface area contributed by atoms with Crippen molar-refractivity contribution in [2.45, 2.75) is 52.0 Å². The molecule has 1 aromatic rings. The van der Waals surface area contributed by atoms with E-state index < -0.39 is 0 Å². The Balaban J connectivity index is 1.62. The number of aromatic nitrogens is 2. The summed E-state index contributed by atoms with van der Waals surface area (Å²) in [6.45, 7) is 7.17. The molecule has 1 atom stereocenters. The molecule has 0 radical (unpaired) electrons. The molecule has 0 unspecified atom stereocenters. The van der Waals surface area contributed by atoms with Gasteiger partial charge in [0.1, 0.15) is 0 Å². The summed E-state index contributed by atoms with van der Waals surface area (Å²) in [6.07, 6.45) is 10.4. The summed E-state index contributed by atoms with van der Waals surface area (Å²) in [5, 5.41) is 0. The molecule has 0 bridgehead atoms. The lowest BCUT2D eigenvalue weighted by Gasteiger charge is -2.48. The first-order valence-electron chi connectivity index (χ1n) is 10.00. The molecule has 6 heteroatoms. The number of carbonyl (C=O) groups excluding carboxylic acids is 1. The topological polar surface area (TPSA) is 52.6 Å². The van der Waals surface area contributed by atoms with Crippen LogP contribution in [0.3, 0.4) is 0 Å². The molecular weight excluding hydrogens is 326 g/mol. The highest BCUT2D eigenvalue weighted by Gasteiger charge is 2.41. The largest absolute Gasteiger partial charge is 0.347 e. The maximum Gasteiger partial charge on any atom is 0.224 e. The fourth-order valence-corrected chi connectivity index (χ4v) is 4.35. The highest BCUT2D eigenvalue weighted by molar-refractivity contribution is 5.77. The number of nitrogens with zero attached hydrogens (tertiary/aromatic N) is 5. The predicted molar refractivity (Wildman–Crippen MR) is 104 cm³/mol. The van der Waals surface area contributed by atoms with Crippen LogP contribution in [0.15, 0.2) is 12.4 Å². The van der Waals surface area contributed by atoms with Gasteiger partial charge in [-0.05, 0) is 32.2 Å². The molecule has 0 N–H and O–H groups in total. The van der Waals surface area contributed by atoms with E-state index in [1.54, 1.807) is 0 Å². The second kappa shape index (κ2) is 8.33. The molecule has 2 saturated heterocycles. The lowest BCUT2D eigenvalue weighted by Crippen LogP contribution is -2.53. The first-order valence-corrected chi connectivity index (χ1v) is 10.00. The van der Waals surface area contributed by atoms with Crippen LogP contribution in [0, 0.1) is 5.41 Å². The molecule has 2 aliphatic rings. The van der Waals surface area contributed by atoms with E-state index >= 15 is 0 Å². The normalized spacial score (nSPS) is 24.3. The zero-order valence-electron chi connectivity index (χ0n) is 16.6. The quantitative estimate of drug-likeness (QED) is 0.781. The van der Waals surface area contributed by atoms with Crippen molar-refractivity contribution in [1.82, 2.24) is 19.8 Å². The lowest BCUT2D eigenvalue weighted by molar-refractivity contribution is -0.139. The molecule has 2 fully saturated rings. The first-order chi connectivity index (χ1) is 12.5. The molecule has 1 spiro atoms. The predicted octanol–water partition coefficient (Wildman–Crippen LogP) is 2.55. The highest BCUT2D eigenvalue weighted by Crippen LogP contribution is 2.39. The Labute approximate surface area is 157 Å². The number of amides is 1. The van der Waals surface area contributed by atoms with Crippen LogP contribution in [0.5, 0.6) is 0 Å². The van der Waals surface area contributed by atoms with Crippen molar-refractivity contribution >= 4 is 11.9 Å². The second-order valence-corrected chi connectivity index (χ2v) is 8.27. The van der Waals surface area contributed by atoms with Crippen molar-refractivity contribution in [3.63, 3.8) is 0 Å². The number of anilines is 1. The van der Waals surface area contributed by atoms with E-state index in [0.717, 1.165) is 64.4 Å². The third-order valence-electron chi connectivity index (χ3n) is 5.77. The maximum atomic E-state index is 12.3. The average molecular weight is 360 g/mol. The minimum Gasteiger partial charge on any atom is -0.347 e. The van der Waals surface area contributed by atoms with Crippen molar-refractivity contribution in [3.05, 3.63) is 18.0 Å². The second-order valence-electron chi connectivity index (χ2n) is 8.27. The van der Waals surface area contributed by atoms with Crippen LogP contribution in [-0.2, 0) is 11.3 Å². The smallest absolute Gasteiger partial charge is 0.224 e. The van der Waals surface area contributed by atoms with Gasteiger partial charge in [0.15, 0.2) is 0 Å². The van der Waals surface area contributed by atoms with Crippen LogP contribution >= 0.6 is 0 Å². The van der Waals surface area contributed by atoms with Crippen molar-refractivity contribution in [3.8, 4) is 0 Å². The zero-order chi connectivity index (χ0) is 18.6. The van der Waals surface area contributed by atoms with Crippen molar-refractivity contribution in [1.29, 1.82) is 0 Å². The molecule has 1 aromatic heterocycles. The van der Waals surface area contributed by atoms with Gasteiger partial charge in [0.05, 0.1) is 0 Å². The minimum atomic E-state index is 0.282. The van der Waals surface area contributed by atoms with Crippen molar-refractivity contribution in [2.75, 3.05) is 45.2 Å². The van der Waals surface area contributed by atoms with Gasteiger partial charge in [-0.2, -0.15) is 0 Å². The molecule has 6 nitrogen and oxygen atoms in total. The highest BCUT2D eigenvalue weighted by atomic mass is 16.2. The van der Waals surface area contributed by atoms with Gasteiger partial charge >= 0.3 is 0 Å². The monoisotopic (exact) mass is 359 g/mol. The van der Waals surface area contributed by atoms with Gasteiger partial charge in [-0.1, -0.05) is 13.3 Å². The number of hydrogen-bond acceptors (Lipinski definition) is 5. The fourth-order valence-electron chi connectivity index (χ4n) is 4.35. The van der Waals surface area contributed by atoms with Crippen LogP contribution in [0.2, 0.25) is 0 Å². The third-order valence-corrected chi connectivity index (χ3v) is 5.77. The number of likely N-dealkylation sites (tertiary alicyclic amines) is 2. The maximum absolute atomic E-state index is 12.3. The lowest BCUT2D eigenvalue weighted by atomic mass is 9.73. The molecule has 1 amide bonds. The summed E-state index contributed by atoms with van der Waals surface area (Å²) in [6, 6.07) is 0. The summed E-state index contributed by atoms with van der Waals surface area (Å²) in [5.74, 6) is 1.11. The van der Waals surface area contributed by atoms with E-state index in [4.69, 9.17) is 0 Å². The average Bonchev–Trinajstić information content (AvgIpc) is 2.63. The van der Waals surface area contributed by atoms with Crippen LogP contribution in [0.4, 0.5) is 5.95 Å². The SMILES string of the molecule is CCCCN1C[C@]2(CCCN(Cc3cnc(N(C)C)nc3)C2)CCC1=O. The Morgan fingerprint density at radius 2 is 1.96 bits per heavy atom. The van der Waals surface area contributed by atoms with Gasteiger partial charge in [0, 0.05) is 70.1 Å². The number of unbranched alkanes of at least 4 members (excludes halogenated alkanes) is 1. The number of carbonyl (C=O) groups is 1. The Morgan fingerprint density at radius 3 is 2.65 bits per heavy atom. The van der Waals surface area contributed by atoms with Gasteiger partial charge in [-0.3, -0.25) is 9.69 Å². The third kappa shape index (κ3) is 4.53. The Morgan fingerprint density at radius 1 is 1.19 bits per heavy atom. The van der Waals surface area contributed by atoms with E-state index in [1.165, 1.54) is 18.4 Å². The molecular formula is C20H33N5O. The van der Waals surface area contributed by atoms with E-state index in [0.29, 0.717) is 5.91 Å². The number of rotatable bonds is 6. The first kappa shape index (κ1) is 19.1. The summed E-state index contributed by atoms with van der Waals surface area (Å²) < 4.78 is 0. The van der Waals surface area contributed by atoms with Gasteiger partial charge < -0.3 is 9.80 Å². The number of piperidine rings is 2. The van der Waals surface area contributed by atoms with E-state index in [-0.39, 0.29) is 5.41 Å². The molecule has 144 valence electrons. The summed E-state index contributed by atoms with van der Waals surface area (Å²) in [7, 11) is 3.91. The molecule has 3 rings (SSSR count). The van der Waals surface area contributed by atoms with Crippen LogP contribution in [0.1, 0.15) is 51.0 Å². The van der Waals surface area contributed by atoms with Gasteiger partial charge in [0.2, 0.25) is 11.9 Å². The Bertz CT molecular complexity index is 603. The zero-order valence-corrected chi connectivity index (χ0v) is 16.6. The molecule has 0 saturated carbocycles. The molecule has 0 aromatic carbocycles. The minimum absolute atomic E-state index is 0.282. The molecule has 26 heavy (non-hydrogen) atoms. The van der Waals surface area contributed by atoms with Gasteiger partial charge in [-0.15, -0.1) is 0 Å². The summed E-state index contributed by atoms with van der Waals surface area (Å²) >= 11 is 0.